The van der Waals surface area contributed by atoms with Crippen LogP contribution >= 0.6 is 11.6 Å². The minimum atomic E-state index is -1.14. The smallest absolute Gasteiger partial charge is 0.372 e. The monoisotopic (exact) mass is 352 g/mol. The van der Waals surface area contributed by atoms with Crippen LogP contribution in [0, 0.1) is 25.7 Å². The Kier molecular flexibility index (Phi) is 4.50. The fourth-order valence-corrected chi connectivity index (χ4v) is 2.46. The zero-order valence-corrected chi connectivity index (χ0v) is 14.2. The molecule has 0 aliphatic rings. The number of nitrogens with zero attached hydrogens (tertiary/aromatic N) is 4. The van der Waals surface area contributed by atoms with Crippen molar-refractivity contribution in [1.82, 2.24) is 19.5 Å². The Labute approximate surface area is 149 Å². The Bertz CT molecular complexity index is 1010. The standard InChI is InChI=1S/C18H13ClN4O2/c1-11-3-5-14(10-21-11)23-12(2)15(22-17(23)18(24)25)6-4-13-7-8-20-16(19)9-13/h3,5,7-10H,1-2H3,(H,24,25). The van der Waals surface area contributed by atoms with Crippen LogP contribution < -0.4 is 0 Å². The van der Waals surface area contributed by atoms with Gasteiger partial charge < -0.3 is 5.11 Å². The molecule has 3 rings (SSSR count). The molecule has 3 aromatic heterocycles. The van der Waals surface area contributed by atoms with Crippen LogP contribution in [0.1, 0.15) is 33.3 Å². The summed E-state index contributed by atoms with van der Waals surface area (Å²) in [7, 11) is 0. The molecule has 3 heterocycles. The fraction of sp³-hybridized carbons (Fsp3) is 0.111. The zero-order chi connectivity index (χ0) is 18.0. The number of pyridine rings is 2. The summed E-state index contributed by atoms with van der Waals surface area (Å²) < 4.78 is 1.53. The second-order valence-corrected chi connectivity index (χ2v) is 5.67. The minimum absolute atomic E-state index is 0.111. The van der Waals surface area contributed by atoms with E-state index in [1.807, 2.05) is 13.0 Å². The van der Waals surface area contributed by atoms with Crippen molar-refractivity contribution >= 4 is 17.6 Å². The third-order valence-electron chi connectivity index (χ3n) is 3.50. The molecular formula is C18H13ClN4O2. The van der Waals surface area contributed by atoms with E-state index in [1.54, 1.807) is 37.5 Å². The summed E-state index contributed by atoms with van der Waals surface area (Å²) in [6.45, 7) is 3.63. The van der Waals surface area contributed by atoms with E-state index in [0.717, 1.165) is 5.69 Å². The van der Waals surface area contributed by atoms with Gasteiger partial charge in [0.15, 0.2) is 0 Å². The van der Waals surface area contributed by atoms with Crippen LogP contribution in [0.3, 0.4) is 0 Å². The maximum atomic E-state index is 11.6. The van der Waals surface area contributed by atoms with Crippen molar-refractivity contribution in [3.8, 4) is 17.5 Å². The molecule has 1 N–H and O–H groups in total. The van der Waals surface area contributed by atoms with Crippen molar-refractivity contribution in [2.24, 2.45) is 0 Å². The lowest BCUT2D eigenvalue weighted by Gasteiger charge is -2.07. The molecule has 7 heteroatoms. The highest BCUT2D eigenvalue weighted by molar-refractivity contribution is 6.29. The maximum Gasteiger partial charge on any atom is 0.372 e. The molecule has 3 aromatic rings. The molecule has 0 aliphatic heterocycles. The average Bonchev–Trinajstić information content (AvgIpc) is 2.91. The van der Waals surface area contributed by atoms with Crippen molar-refractivity contribution in [2.75, 3.05) is 0 Å². The molecule has 0 radical (unpaired) electrons. The van der Waals surface area contributed by atoms with Gasteiger partial charge in [0.25, 0.3) is 0 Å². The van der Waals surface area contributed by atoms with E-state index < -0.39 is 5.97 Å². The van der Waals surface area contributed by atoms with E-state index in [-0.39, 0.29) is 5.82 Å². The van der Waals surface area contributed by atoms with Crippen molar-refractivity contribution < 1.29 is 9.90 Å². The van der Waals surface area contributed by atoms with Gasteiger partial charge in [0.05, 0.1) is 17.6 Å². The average molecular weight is 353 g/mol. The van der Waals surface area contributed by atoms with Crippen molar-refractivity contribution in [3.63, 3.8) is 0 Å². The first-order valence-corrected chi connectivity index (χ1v) is 7.73. The zero-order valence-electron chi connectivity index (χ0n) is 13.5. The largest absolute Gasteiger partial charge is 0.475 e. The quantitative estimate of drug-likeness (QED) is 0.566. The summed E-state index contributed by atoms with van der Waals surface area (Å²) >= 11 is 5.84. The Hall–Kier alpha value is -3.17. The van der Waals surface area contributed by atoms with E-state index in [0.29, 0.717) is 27.8 Å². The number of hydrogen-bond acceptors (Lipinski definition) is 4. The van der Waals surface area contributed by atoms with Gasteiger partial charge in [-0.15, -0.1) is 0 Å². The molecule has 0 aliphatic carbocycles. The van der Waals surface area contributed by atoms with Gasteiger partial charge in [-0.3, -0.25) is 9.55 Å². The minimum Gasteiger partial charge on any atom is -0.475 e. The van der Waals surface area contributed by atoms with E-state index in [4.69, 9.17) is 11.6 Å². The maximum absolute atomic E-state index is 11.6. The third-order valence-corrected chi connectivity index (χ3v) is 3.71. The van der Waals surface area contributed by atoms with E-state index in [2.05, 4.69) is 26.8 Å². The van der Waals surface area contributed by atoms with Gasteiger partial charge in [-0.1, -0.05) is 17.5 Å². The number of carboxylic acids is 1. The van der Waals surface area contributed by atoms with Crippen LogP contribution in [0.5, 0.6) is 0 Å². The SMILES string of the molecule is Cc1ccc(-n2c(C(=O)O)nc(C#Cc3ccnc(Cl)c3)c2C)cn1. The molecule has 0 atom stereocenters. The number of halogens is 1. The summed E-state index contributed by atoms with van der Waals surface area (Å²) in [4.78, 5) is 23.8. The Balaban J connectivity index is 2.10. The Morgan fingerprint density at radius 3 is 2.64 bits per heavy atom. The van der Waals surface area contributed by atoms with Crippen LogP contribution in [0.4, 0.5) is 0 Å². The number of aromatic nitrogens is 4. The van der Waals surface area contributed by atoms with Crippen molar-refractivity contribution in [3.05, 3.63) is 70.3 Å². The molecule has 25 heavy (non-hydrogen) atoms. The van der Waals surface area contributed by atoms with Crippen molar-refractivity contribution in [1.29, 1.82) is 0 Å². The molecule has 0 amide bonds. The molecule has 0 unspecified atom stereocenters. The van der Waals surface area contributed by atoms with Crippen LogP contribution in [-0.4, -0.2) is 30.6 Å². The molecule has 0 bridgehead atoms. The molecule has 0 aromatic carbocycles. The third kappa shape index (κ3) is 3.52. The molecule has 0 fully saturated rings. The molecule has 124 valence electrons. The highest BCUT2D eigenvalue weighted by Gasteiger charge is 2.19. The first-order chi connectivity index (χ1) is 12.0. The van der Waals surface area contributed by atoms with Gasteiger partial charge in [-0.25, -0.2) is 14.8 Å². The van der Waals surface area contributed by atoms with Crippen molar-refractivity contribution in [2.45, 2.75) is 13.8 Å². The number of rotatable bonds is 2. The number of aryl methyl sites for hydroxylation is 1. The second kappa shape index (κ2) is 6.75. The van der Waals surface area contributed by atoms with Crippen LogP contribution in [0.15, 0.2) is 36.7 Å². The van der Waals surface area contributed by atoms with Crippen LogP contribution in [0.25, 0.3) is 5.69 Å². The molecule has 0 saturated heterocycles. The lowest BCUT2D eigenvalue weighted by molar-refractivity contribution is 0.0681. The van der Waals surface area contributed by atoms with Gasteiger partial charge in [-0.2, -0.15) is 0 Å². The second-order valence-electron chi connectivity index (χ2n) is 5.29. The number of carboxylic acid groups (broad SMARTS) is 1. The van der Waals surface area contributed by atoms with Gasteiger partial charge in [0, 0.05) is 17.5 Å². The number of imidazole rings is 1. The van der Waals surface area contributed by atoms with Gasteiger partial charge in [0.1, 0.15) is 10.8 Å². The lowest BCUT2D eigenvalue weighted by Crippen LogP contribution is -2.09. The lowest BCUT2D eigenvalue weighted by atomic mass is 10.2. The Morgan fingerprint density at radius 2 is 2.00 bits per heavy atom. The Morgan fingerprint density at radius 1 is 1.20 bits per heavy atom. The normalized spacial score (nSPS) is 10.2. The van der Waals surface area contributed by atoms with Crippen LogP contribution in [0.2, 0.25) is 5.15 Å². The predicted octanol–water partition coefficient (Wildman–Crippen LogP) is 3.03. The fourth-order valence-electron chi connectivity index (χ4n) is 2.28. The summed E-state index contributed by atoms with van der Waals surface area (Å²) in [5.74, 6) is 4.58. The molecular weight excluding hydrogens is 340 g/mol. The summed E-state index contributed by atoms with van der Waals surface area (Å²) in [6.07, 6.45) is 3.16. The summed E-state index contributed by atoms with van der Waals surface area (Å²) in [5, 5.41) is 9.80. The highest BCUT2D eigenvalue weighted by atomic mass is 35.5. The van der Waals surface area contributed by atoms with E-state index in [1.165, 1.54) is 4.57 Å². The van der Waals surface area contributed by atoms with Gasteiger partial charge in [0.2, 0.25) is 5.82 Å². The van der Waals surface area contributed by atoms with E-state index >= 15 is 0 Å². The number of aromatic carboxylic acids is 1. The number of carbonyl (C=O) groups is 1. The van der Waals surface area contributed by atoms with Crippen LogP contribution in [-0.2, 0) is 0 Å². The number of hydrogen-bond donors (Lipinski definition) is 1. The predicted molar refractivity (Wildman–Crippen MR) is 93.0 cm³/mol. The molecule has 0 spiro atoms. The summed E-state index contributed by atoms with van der Waals surface area (Å²) in [6, 6.07) is 6.95. The van der Waals surface area contributed by atoms with E-state index in [9.17, 15) is 9.90 Å². The first-order valence-electron chi connectivity index (χ1n) is 7.35. The topological polar surface area (TPSA) is 80.9 Å². The highest BCUT2D eigenvalue weighted by Crippen LogP contribution is 2.18. The summed E-state index contributed by atoms with van der Waals surface area (Å²) in [5.41, 5.74) is 3.13. The first kappa shape index (κ1) is 16.7. The molecule has 6 nitrogen and oxygen atoms in total. The van der Waals surface area contributed by atoms with Gasteiger partial charge >= 0.3 is 5.97 Å². The molecule has 0 saturated carbocycles. The van der Waals surface area contributed by atoms with Gasteiger partial charge in [-0.05, 0) is 44.0 Å².